The lowest BCUT2D eigenvalue weighted by Gasteiger charge is -2.30. The molecule has 0 saturated carbocycles. The largest absolute Gasteiger partial charge is 0.500 e. The summed E-state index contributed by atoms with van der Waals surface area (Å²) in [6.45, 7) is 11.7. The fraction of sp³-hybridized carbons (Fsp3) is 1.00. The third-order valence-electron chi connectivity index (χ3n) is 3.49. The van der Waals surface area contributed by atoms with E-state index in [0.717, 1.165) is 25.3 Å². The first-order chi connectivity index (χ1) is 9.10. The highest BCUT2D eigenvalue weighted by molar-refractivity contribution is 6.60. The summed E-state index contributed by atoms with van der Waals surface area (Å²) in [4.78, 5) is 0. The number of epoxide rings is 1. The van der Waals surface area contributed by atoms with Crippen LogP contribution in [0.1, 0.15) is 53.9 Å². The zero-order chi connectivity index (χ0) is 14.3. The van der Waals surface area contributed by atoms with Crippen LogP contribution in [0.25, 0.3) is 0 Å². The SMILES string of the molecule is CCO[Si](CC)(OCC)OC(C)CCC1OC1CC. The normalized spacial score (nSPS) is 24.5. The van der Waals surface area contributed by atoms with E-state index < -0.39 is 8.80 Å². The van der Waals surface area contributed by atoms with Crippen molar-refractivity contribution in [3.8, 4) is 0 Å². The number of rotatable bonds is 11. The van der Waals surface area contributed by atoms with E-state index in [1.54, 1.807) is 0 Å². The van der Waals surface area contributed by atoms with E-state index in [1.165, 1.54) is 0 Å². The molecule has 3 atom stereocenters. The second-order valence-corrected chi connectivity index (χ2v) is 7.92. The third kappa shape index (κ3) is 5.51. The summed E-state index contributed by atoms with van der Waals surface area (Å²) in [5.74, 6) is 0. The molecular formula is C14H30O4Si. The molecule has 1 heterocycles. The van der Waals surface area contributed by atoms with E-state index in [1.807, 2.05) is 13.8 Å². The van der Waals surface area contributed by atoms with Gasteiger partial charge in [-0.05, 0) is 40.0 Å². The molecule has 0 radical (unpaired) electrons. The summed E-state index contributed by atoms with van der Waals surface area (Å²) in [7, 11) is -2.45. The minimum absolute atomic E-state index is 0.173. The number of ether oxygens (including phenoxy) is 1. The molecule has 0 amide bonds. The summed E-state index contributed by atoms with van der Waals surface area (Å²) < 4.78 is 23.4. The molecule has 114 valence electrons. The van der Waals surface area contributed by atoms with Gasteiger partial charge in [0.2, 0.25) is 0 Å². The van der Waals surface area contributed by atoms with Crippen LogP contribution in [0.5, 0.6) is 0 Å². The molecule has 4 nitrogen and oxygen atoms in total. The maximum atomic E-state index is 6.15. The van der Waals surface area contributed by atoms with Crippen molar-refractivity contribution in [1.82, 2.24) is 0 Å². The number of hydrogen-bond acceptors (Lipinski definition) is 4. The third-order valence-corrected chi connectivity index (χ3v) is 6.57. The summed E-state index contributed by atoms with van der Waals surface area (Å²) in [6.07, 6.45) is 4.31. The topological polar surface area (TPSA) is 40.2 Å². The first kappa shape index (κ1) is 17.1. The molecule has 1 aliphatic heterocycles. The maximum absolute atomic E-state index is 6.15. The van der Waals surface area contributed by atoms with Gasteiger partial charge in [0, 0.05) is 25.4 Å². The van der Waals surface area contributed by atoms with Crippen LogP contribution in [0.4, 0.5) is 0 Å². The van der Waals surface area contributed by atoms with Crippen molar-refractivity contribution < 1.29 is 18.0 Å². The Morgan fingerprint density at radius 3 is 2.11 bits per heavy atom. The Labute approximate surface area is 119 Å². The molecule has 1 fully saturated rings. The van der Waals surface area contributed by atoms with Gasteiger partial charge in [0.15, 0.2) is 0 Å². The van der Waals surface area contributed by atoms with Gasteiger partial charge >= 0.3 is 8.80 Å². The molecule has 1 aliphatic rings. The van der Waals surface area contributed by atoms with Crippen LogP contribution in [-0.4, -0.2) is 40.3 Å². The van der Waals surface area contributed by atoms with Gasteiger partial charge in [-0.15, -0.1) is 0 Å². The van der Waals surface area contributed by atoms with Crippen molar-refractivity contribution in [2.45, 2.75) is 78.2 Å². The van der Waals surface area contributed by atoms with Gasteiger partial charge in [0.05, 0.1) is 12.2 Å². The van der Waals surface area contributed by atoms with E-state index in [-0.39, 0.29) is 6.10 Å². The van der Waals surface area contributed by atoms with Crippen LogP contribution in [0.3, 0.4) is 0 Å². The molecule has 1 saturated heterocycles. The minimum Gasteiger partial charge on any atom is -0.374 e. The average molecular weight is 290 g/mol. The second kappa shape index (κ2) is 8.37. The van der Waals surface area contributed by atoms with Crippen LogP contribution < -0.4 is 0 Å². The van der Waals surface area contributed by atoms with E-state index >= 15 is 0 Å². The highest BCUT2D eigenvalue weighted by atomic mass is 28.4. The summed E-state index contributed by atoms with van der Waals surface area (Å²) >= 11 is 0. The summed E-state index contributed by atoms with van der Waals surface area (Å²) in [6, 6.07) is 0.830. The maximum Gasteiger partial charge on any atom is 0.500 e. The van der Waals surface area contributed by atoms with Gasteiger partial charge < -0.3 is 18.0 Å². The zero-order valence-electron chi connectivity index (χ0n) is 13.1. The second-order valence-electron chi connectivity index (χ2n) is 5.03. The lowest BCUT2D eigenvalue weighted by molar-refractivity contribution is 0.0353. The predicted molar refractivity (Wildman–Crippen MR) is 78.2 cm³/mol. The molecule has 19 heavy (non-hydrogen) atoms. The van der Waals surface area contributed by atoms with Crippen molar-refractivity contribution in [1.29, 1.82) is 0 Å². The Morgan fingerprint density at radius 1 is 1.05 bits per heavy atom. The first-order valence-electron chi connectivity index (χ1n) is 7.71. The van der Waals surface area contributed by atoms with Gasteiger partial charge in [-0.1, -0.05) is 13.8 Å². The van der Waals surface area contributed by atoms with Gasteiger partial charge in [0.25, 0.3) is 0 Å². The smallest absolute Gasteiger partial charge is 0.374 e. The Hall–Kier alpha value is 0.0569. The Balaban J connectivity index is 2.35. The minimum atomic E-state index is -2.45. The Kier molecular flexibility index (Phi) is 7.53. The van der Waals surface area contributed by atoms with E-state index in [9.17, 15) is 0 Å². The van der Waals surface area contributed by atoms with Crippen LogP contribution in [0.2, 0.25) is 6.04 Å². The van der Waals surface area contributed by atoms with Crippen molar-refractivity contribution >= 4 is 8.80 Å². The number of hydrogen-bond donors (Lipinski definition) is 0. The van der Waals surface area contributed by atoms with Crippen LogP contribution in [0.15, 0.2) is 0 Å². The predicted octanol–water partition coefficient (Wildman–Crippen LogP) is 3.38. The standard InChI is InChI=1S/C14H30O4Si/c1-6-13-14(17-13)11-10-12(5)18-19(9-4,15-7-2)16-8-3/h12-14H,6-11H2,1-5H3. The molecule has 0 N–H and O–H groups in total. The molecule has 0 aromatic rings. The molecule has 5 heteroatoms. The van der Waals surface area contributed by atoms with Crippen LogP contribution >= 0.6 is 0 Å². The van der Waals surface area contributed by atoms with E-state index in [4.69, 9.17) is 18.0 Å². The fourth-order valence-corrected chi connectivity index (χ4v) is 4.80. The highest BCUT2D eigenvalue weighted by Gasteiger charge is 2.41. The van der Waals surface area contributed by atoms with Crippen molar-refractivity contribution in [3.05, 3.63) is 0 Å². The molecule has 0 aromatic carbocycles. The first-order valence-corrected chi connectivity index (χ1v) is 9.65. The van der Waals surface area contributed by atoms with Gasteiger partial charge in [-0.25, -0.2) is 0 Å². The molecule has 0 spiro atoms. The lowest BCUT2D eigenvalue weighted by Crippen LogP contribution is -2.47. The molecule has 1 rings (SSSR count). The van der Waals surface area contributed by atoms with Crippen molar-refractivity contribution in [2.24, 2.45) is 0 Å². The van der Waals surface area contributed by atoms with Gasteiger partial charge in [0.1, 0.15) is 0 Å². The monoisotopic (exact) mass is 290 g/mol. The van der Waals surface area contributed by atoms with Crippen molar-refractivity contribution in [2.75, 3.05) is 13.2 Å². The van der Waals surface area contributed by atoms with E-state index in [0.29, 0.717) is 25.4 Å². The molecule has 0 aliphatic carbocycles. The van der Waals surface area contributed by atoms with E-state index in [2.05, 4.69) is 20.8 Å². The fourth-order valence-electron chi connectivity index (χ4n) is 2.39. The molecule has 0 aromatic heterocycles. The molecular weight excluding hydrogens is 260 g/mol. The molecule has 3 unspecified atom stereocenters. The van der Waals surface area contributed by atoms with Crippen LogP contribution in [-0.2, 0) is 18.0 Å². The summed E-state index contributed by atoms with van der Waals surface area (Å²) in [5.41, 5.74) is 0. The average Bonchev–Trinajstić information content (AvgIpc) is 3.15. The van der Waals surface area contributed by atoms with Gasteiger partial charge in [-0.2, -0.15) is 0 Å². The van der Waals surface area contributed by atoms with Crippen LogP contribution in [0, 0.1) is 0 Å². The lowest BCUT2D eigenvalue weighted by atomic mass is 10.1. The zero-order valence-corrected chi connectivity index (χ0v) is 14.1. The highest BCUT2D eigenvalue weighted by Crippen LogP contribution is 2.30. The summed E-state index contributed by atoms with van der Waals surface area (Å²) in [5, 5.41) is 0. The quantitative estimate of drug-likeness (QED) is 0.432. The Bertz CT molecular complexity index is 244. The Morgan fingerprint density at radius 2 is 1.68 bits per heavy atom. The molecule has 0 bridgehead atoms. The van der Waals surface area contributed by atoms with Crippen molar-refractivity contribution in [3.63, 3.8) is 0 Å². The van der Waals surface area contributed by atoms with Gasteiger partial charge in [-0.3, -0.25) is 0 Å².